The SMILES string of the molecule is CCC(=O)NC(N)=Nc1ccc(C2=NCC(=O)CC2C)cc1. The fraction of sp³-hybridized carbons (Fsp3) is 0.375. The predicted molar refractivity (Wildman–Crippen MR) is 86.4 cm³/mol. The summed E-state index contributed by atoms with van der Waals surface area (Å²) in [5.74, 6) is 0.211. The Balaban J connectivity index is 2.12. The summed E-state index contributed by atoms with van der Waals surface area (Å²) in [7, 11) is 0. The molecule has 1 aliphatic rings. The second-order valence-corrected chi connectivity index (χ2v) is 5.29. The molecule has 3 N–H and O–H groups in total. The number of Topliss-reactive ketones (excluding diaryl/α,β-unsaturated/α-hetero) is 1. The Morgan fingerprint density at radius 2 is 2.09 bits per heavy atom. The average molecular weight is 300 g/mol. The van der Waals surface area contributed by atoms with Gasteiger partial charge in [0.2, 0.25) is 11.9 Å². The summed E-state index contributed by atoms with van der Waals surface area (Å²) in [4.78, 5) is 31.1. The summed E-state index contributed by atoms with van der Waals surface area (Å²) in [5.41, 5.74) is 8.24. The van der Waals surface area contributed by atoms with Gasteiger partial charge in [0.25, 0.3) is 0 Å². The van der Waals surface area contributed by atoms with Crippen LogP contribution in [0.4, 0.5) is 5.69 Å². The minimum atomic E-state index is -0.173. The van der Waals surface area contributed by atoms with Crippen LogP contribution in [0, 0.1) is 5.92 Å². The monoisotopic (exact) mass is 300 g/mol. The third kappa shape index (κ3) is 4.00. The Labute approximate surface area is 129 Å². The highest BCUT2D eigenvalue weighted by Gasteiger charge is 2.21. The van der Waals surface area contributed by atoms with Crippen LogP contribution in [0.1, 0.15) is 32.3 Å². The third-order valence-electron chi connectivity index (χ3n) is 3.43. The first-order valence-electron chi connectivity index (χ1n) is 7.30. The van der Waals surface area contributed by atoms with E-state index in [2.05, 4.69) is 15.3 Å². The lowest BCUT2D eigenvalue weighted by molar-refractivity contribution is -0.119. The Hall–Kier alpha value is -2.50. The van der Waals surface area contributed by atoms with Gasteiger partial charge in [0.15, 0.2) is 5.78 Å². The summed E-state index contributed by atoms with van der Waals surface area (Å²) in [5, 5.41) is 2.50. The molecule has 22 heavy (non-hydrogen) atoms. The maximum Gasteiger partial charge on any atom is 0.226 e. The van der Waals surface area contributed by atoms with Gasteiger partial charge in [-0.25, -0.2) is 4.99 Å². The van der Waals surface area contributed by atoms with Crippen LogP contribution in [0.5, 0.6) is 0 Å². The largest absolute Gasteiger partial charge is 0.369 e. The Morgan fingerprint density at radius 3 is 2.68 bits per heavy atom. The fourth-order valence-corrected chi connectivity index (χ4v) is 2.31. The molecule has 0 radical (unpaired) electrons. The van der Waals surface area contributed by atoms with Crippen molar-refractivity contribution in [2.45, 2.75) is 26.7 Å². The number of amides is 1. The Bertz CT molecular complexity index is 632. The smallest absolute Gasteiger partial charge is 0.226 e. The van der Waals surface area contributed by atoms with E-state index in [0.717, 1.165) is 11.3 Å². The molecule has 0 spiro atoms. The number of aliphatic imine (C=N–C) groups is 2. The number of nitrogens with one attached hydrogen (secondary N) is 1. The summed E-state index contributed by atoms with van der Waals surface area (Å²) in [6, 6.07) is 7.43. The van der Waals surface area contributed by atoms with Gasteiger partial charge in [0.05, 0.1) is 12.2 Å². The Kier molecular flexibility index (Phi) is 5.04. The minimum Gasteiger partial charge on any atom is -0.369 e. The van der Waals surface area contributed by atoms with Crippen molar-refractivity contribution in [2.24, 2.45) is 21.6 Å². The van der Waals surface area contributed by atoms with Crippen molar-refractivity contribution >= 4 is 29.0 Å². The van der Waals surface area contributed by atoms with Crippen LogP contribution < -0.4 is 11.1 Å². The predicted octanol–water partition coefficient (Wildman–Crippen LogP) is 1.56. The van der Waals surface area contributed by atoms with E-state index in [4.69, 9.17) is 5.73 Å². The van der Waals surface area contributed by atoms with Gasteiger partial charge < -0.3 is 5.73 Å². The van der Waals surface area contributed by atoms with E-state index in [-0.39, 0.29) is 30.1 Å². The van der Waals surface area contributed by atoms with Gasteiger partial charge in [0.1, 0.15) is 0 Å². The molecule has 0 aromatic heterocycles. The molecule has 1 unspecified atom stereocenters. The summed E-state index contributed by atoms with van der Waals surface area (Å²) in [6.07, 6.45) is 0.889. The van der Waals surface area contributed by atoms with E-state index in [0.29, 0.717) is 18.5 Å². The average Bonchev–Trinajstić information content (AvgIpc) is 2.48. The lowest BCUT2D eigenvalue weighted by Gasteiger charge is -2.18. The number of hydrogen-bond donors (Lipinski definition) is 2. The number of nitrogens with two attached hydrogens (primary N) is 1. The van der Waals surface area contributed by atoms with Crippen LogP contribution in [-0.2, 0) is 9.59 Å². The highest BCUT2D eigenvalue weighted by atomic mass is 16.1. The van der Waals surface area contributed by atoms with Gasteiger partial charge in [-0.15, -0.1) is 0 Å². The van der Waals surface area contributed by atoms with Crippen molar-refractivity contribution < 1.29 is 9.59 Å². The maximum absolute atomic E-state index is 11.4. The summed E-state index contributed by atoms with van der Waals surface area (Å²) in [6.45, 7) is 4.00. The van der Waals surface area contributed by atoms with Gasteiger partial charge in [-0.2, -0.15) is 0 Å². The molecular formula is C16H20N4O2. The summed E-state index contributed by atoms with van der Waals surface area (Å²) < 4.78 is 0. The van der Waals surface area contributed by atoms with Crippen LogP contribution in [0.3, 0.4) is 0 Å². The van der Waals surface area contributed by atoms with Crippen LogP contribution in [0.25, 0.3) is 0 Å². The number of carbonyl (C=O) groups excluding carboxylic acids is 2. The maximum atomic E-state index is 11.4. The van der Waals surface area contributed by atoms with Crippen LogP contribution >= 0.6 is 0 Å². The molecule has 1 amide bonds. The van der Waals surface area contributed by atoms with E-state index in [1.54, 1.807) is 6.92 Å². The topological polar surface area (TPSA) is 96.9 Å². The zero-order valence-electron chi connectivity index (χ0n) is 12.8. The Morgan fingerprint density at radius 1 is 1.41 bits per heavy atom. The normalized spacial score (nSPS) is 18.8. The van der Waals surface area contributed by atoms with Gasteiger partial charge >= 0.3 is 0 Å². The van der Waals surface area contributed by atoms with E-state index >= 15 is 0 Å². The number of benzene rings is 1. The molecule has 2 rings (SSSR count). The second-order valence-electron chi connectivity index (χ2n) is 5.29. The highest BCUT2D eigenvalue weighted by Crippen LogP contribution is 2.20. The molecule has 116 valence electrons. The molecule has 0 aliphatic carbocycles. The molecule has 0 fully saturated rings. The first-order chi connectivity index (χ1) is 10.5. The van der Waals surface area contributed by atoms with Gasteiger partial charge in [-0.3, -0.25) is 19.9 Å². The quantitative estimate of drug-likeness (QED) is 0.654. The third-order valence-corrected chi connectivity index (χ3v) is 3.43. The second kappa shape index (κ2) is 6.98. The zero-order valence-corrected chi connectivity index (χ0v) is 12.8. The van der Waals surface area contributed by atoms with Crippen molar-refractivity contribution in [1.82, 2.24) is 5.32 Å². The standard InChI is InChI=1S/C16H20N4O2/c1-3-14(22)20-16(17)19-12-6-4-11(5-7-12)15-10(2)8-13(21)9-18-15/h4-7,10H,3,8-9H2,1-2H3,(H3,17,19,20,22). The number of rotatable bonds is 3. The van der Waals surface area contributed by atoms with Gasteiger partial charge in [-0.05, 0) is 17.7 Å². The van der Waals surface area contributed by atoms with Crippen LogP contribution in [0.2, 0.25) is 0 Å². The molecule has 1 aliphatic heterocycles. The molecule has 6 nitrogen and oxygen atoms in total. The van der Waals surface area contributed by atoms with E-state index in [9.17, 15) is 9.59 Å². The van der Waals surface area contributed by atoms with Crippen LogP contribution in [0.15, 0.2) is 34.3 Å². The van der Waals surface area contributed by atoms with Crippen LogP contribution in [-0.4, -0.2) is 29.9 Å². The molecule has 0 saturated heterocycles. The lowest BCUT2D eigenvalue weighted by atomic mass is 9.91. The van der Waals surface area contributed by atoms with Crippen molar-refractivity contribution in [1.29, 1.82) is 0 Å². The minimum absolute atomic E-state index is 0.0774. The molecule has 0 saturated carbocycles. The van der Waals surface area contributed by atoms with Gasteiger partial charge in [0, 0.05) is 24.5 Å². The molecule has 1 aromatic rings. The number of carbonyl (C=O) groups is 2. The fourth-order valence-electron chi connectivity index (χ4n) is 2.31. The van der Waals surface area contributed by atoms with E-state index in [1.165, 1.54) is 0 Å². The van der Waals surface area contributed by atoms with Gasteiger partial charge in [-0.1, -0.05) is 26.0 Å². The van der Waals surface area contributed by atoms with Crippen molar-refractivity contribution in [3.05, 3.63) is 29.8 Å². The van der Waals surface area contributed by atoms with E-state index < -0.39 is 0 Å². The van der Waals surface area contributed by atoms with Crippen molar-refractivity contribution in [2.75, 3.05) is 6.54 Å². The highest BCUT2D eigenvalue weighted by molar-refractivity contribution is 6.07. The number of nitrogens with zero attached hydrogens (tertiary/aromatic N) is 2. The van der Waals surface area contributed by atoms with Crippen molar-refractivity contribution in [3.63, 3.8) is 0 Å². The number of hydrogen-bond acceptors (Lipinski definition) is 4. The molecule has 0 bridgehead atoms. The molecule has 1 atom stereocenters. The molecular weight excluding hydrogens is 280 g/mol. The zero-order chi connectivity index (χ0) is 16.1. The first-order valence-corrected chi connectivity index (χ1v) is 7.30. The lowest BCUT2D eigenvalue weighted by Crippen LogP contribution is -2.35. The molecule has 1 aromatic carbocycles. The number of guanidine groups is 1. The van der Waals surface area contributed by atoms with Crippen molar-refractivity contribution in [3.8, 4) is 0 Å². The molecule has 1 heterocycles. The van der Waals surface area contributed by atoms with E-state index in [1.807, 2.05) is 31.2 Å². The first kappa shape index (κ1) is 15.9. The number of ketones is 1. The summed E-state index contributed by atoms with van der Waals surface area (Å²) >= 11 is 0. The molecule has 6 heteroatoms.